The molecular weight excluding hydrogens is 368 g/mol. The topological polar surface area (TPSA) is 62.5 Å². The monoisotopic (exact) mass is 378 g/mol. The highest BCUT2D eigenvalue weighted by atomic mass is 79.9. The van der Waals surface area contributed by atoms with Crippen LogP contribution in [0, 0.1) is 0 Å². The molecule has 0 aliphatic carbocycles. The third-order valence-electron chi connectivity index (χ3n) is 3.07. The van der Waals surface area contributed by atoms with E-state index in [1.807, 2.05) is 30.3 Å². The van der Waals surface area contributed by atoms with Gasteiger partial charge in [0.05, 0.1) is 23.0 Å². The Morgan fingerprint density at radius 1 is 1.41 bits per heavy atom. The maximum atomic E-state index is 9.17. The number of nitrogens with one attached hydrogen (secondary N) is 1. The van der Waals surface area contributed by atoms with E-state index in [0.717, 1.165) is 10.0 Å². The first-order valence-electron chi connectivity index (χ1n) is 6.45. The molecule has 0 aliphatic rings. The van der Waals surface area contributed by atoms with E-state index in [4.69, 9.17) is 16.7 Å². The highest BCUT2D eigenvalue weighted by Crippen LogP contribution is 2.30. The molecule has 2 heterocycles. The number of benzene rings is 1. The molecule has 0 aliphatic heterocycles. The molecule has 5 nitrogen and oxygen atoms in total. The van der Waals surface area contributed by atoms with Gasteiger partial charge in [-0.15, -0.1) is 0 Å². The van der Waals surface area contributed by atoms with Gasteiger partial charge in [-0.25, -0.2) is 4.98 Å². The predicted molar refractivity (Wildman–Crippen MR) is 91.0 cm³/mol. The number of nitrogens with zero attached hydrogens (tertiary/aromatic N) is 3. The van der Waals surface area contributed by atoms with Crippen LogP contribution in [0.15, 0.2) is 53.3 Å². The molecule has 0 radical (unpaired) electrons. The summed E-state index contributed by atoms with van der Waals surface area (Å²) in [6.07, 6.45) is 1.66. The zero-order chi connectivity index (χ0) is 15.7. The number of anilines is 1. The number of halogens is 2. The van der Waals surface area contributed by atoms with Gasteiger partial charge >= 0.3 is 0 Å². The van der Waals surface area contributed by atoms with Crippen LogP contribution in [0.2, 0.25) is 5.02 Å². The van der Waals surface area contributed by atoms with Gasteiger partial charge < -0.3 is 10.4 Å². The van der Waals surface area contributed by atoms with Gasteiger partial charge in [0.15, 0.2) is 5.65 Å². The standard InChI is InChI=1S/C15H12BrClN4O/c1-9(8-22)19-14-6-13(10-4-2-3-5-12(10)17)20-15-11(16)7-18-21(14)15/h2-7,19,22H,1,8H2. The van der Waals surface area contributed by atoms with Gasteiger partial charge in [0.2, 0.25) is 0 Å². The third-order valence-corrected chi connectivity index (χ3v) is 3.96. The molecule has 0 atom stereocenters. The Morgan fingerprint density at radius 3 is 2.91 bits per heavy atom. The quantitative estimate of drug-likeness (QED) is 0.725. The fourth-order valence-corrected chi connectivity index (χ4v) is 2.63. The van der Waals surface area contributed by atoms with E-state index in [1.165, 1.54) is 0 Å². The van der Waals surface area contributed by atoms with Crippen LogP contribution in [0.25, 0.3) is 16.9 Å². The summed E-state index contributed by atoms with van der Waals surface area (Å²) >= 11 is 9.69. The number of fused-ring (bicyclic) bond motifs is 1. The van der Waals surface area contributed by atoms with E-state index in [2.05, 4.69) is 37.9 Å². The maximum Gasteiger partial charge on any atom is 0.172 e. The van der Waals surface area contributed by atoms with Crippen molar-refractivity contribution >= 4 is 39.0 Å². The van der Waals surface area contributed by atoms with E-state index in [9.17, 15) is 0 Å². The molecule has 2 aromatic heterocycles. The van der Waals surface area contributed by atoms with E-state index >= 15 is 0 Å². The molecule has 0 bridgehead atoms. The molecular formula is C15H12BrClN4O. The summed E-state index contributed by atoms with van der Waals surface area (Å²) in [5, 5.41) is 17.1. The van der Waals surface area contributed by atoms with Crippen molar-refractivity contribution in [1.82, 2.24) is 14.6 Å². The minimum atomic E-state index is -0.173. The highest BCUT2D eigenvalue weighted by molar-refractivity contribution is 9.10. The number of aromatic nitrogens is 3. The van der Waals surface area contributed by atoms with Crippen LogP contribution in [0.5, 0.6) is 0 Å². The molecule has 0 spiro atoms. The van der Waals surface area contributed by atoms with Crippen molar-refractivity contribution in [2.45, 2.75) is 0 Å². The molecule has 0 saturated heterocycles. The highest BCUT2D eigenvalue weighted by Gasteiger charge is 2.13. The van der Waals surface area contributed by atoms with E-state index in [-0.39, 0.29) is 6.61 Å². The summed E-state index contributed by atoms with van der Waals surface area (Å²) in [5.74, 6) is 0.643. The molecule has 3 aromatic rings. The number of hydrogen-bond donors (Lipinski definition) is 2. The van der Waals surface area contributed by atoms with E-state index < -0.39 is 0 Å². The number of rotatable bonds is 4. The van der Waals surface area contributed by atoms with Gasteiger partial charge in [-0.2, -0.15) is 9.61 Å². The van der Waals surface area contributed by atoms with Crippen molar-refractivity contribution in [3.05, 3.63) is 58.3 Å². The van der Waals surface area contributed by atoms with Crippen LogP contribution < -0.4 is 5.32 Å². The molecule has 0 fully saturated rings. The molecule has 3 rings (SSSR count). The third kappa shape index (κ3) is 2.72. The Morgan fingerprint density at radius 2 is 2.18 bits per heavy atom. The second-order valence-electron chi connectivity index (χ2n) is 4.62. The summed E-state index contributed by atoms with van der Waals surface area (Å²) in [7, 11) is 0. The first-order valence-corrected chi connectivity index (χ1v) is 7.62. The first kappa shape index (κ1) is 15.0. The van der Waals surface area contributed by atoms with Crippen LogP contribution >= 0.6 is 27.5 Å². The summed E-state index contributed by atoms with van der Waals surface area (Å²) in [4.78, 5) is 4.60. The second kappa shape index (κ2) is 6.08. The zero-order valence-electron chi connectivity index (χ0n) is 11.4. The van der Waals surface area contributed by atoms with Crippen molar-refractivity contribution in [3.63, 3.8) is 0 Å². The van der Waals surface area contributed by atoms with Gasteiger partial charge in [0.1, 0.15) is 5.82 Å². The Balaban J connectivity index is 2.22. The second-order valence-corrected chi connectivity index (χ2v) is 5.88. The molecule has 2 N–H and O–H groups in total. The Bertz CT molecular complexity index is 862. The molecule has 0 unspecified atom stereocenters. The van der Waals surface area contributed by atoms with E-state index in [0.29, 0.717) is 27.9 Å². The van der Waals surface area contributed by atoms with Crippen molar-refractivity contribution in [3.8, 4) is 11.3 Å². The molecule has 1 aromatic carbocycles. The fraction of sp³-hybridized carbons (Fsp3) is 0.0667. The van der Waals surface area contributed by atoms with Crippen molar-refractivity contribution in [2.24, 2.45) is 0 Å². The van der Waals surface area contributed by atoms with Crippen molar-refractivity contribution in [1.29, 1.82) is 0 Å². The van der Waals surface area contributed by atoms with E-state index in [1.54, 1.807) is 10.7 Å². The van der Waals surface area contributed by atoms with Crippen molar-refractivity contribution in [2.75, 3.05) is 11.9 Å². The normalized spacial score (nSPS) is 10.9. The van der Waals surface area contributed by atoms with Crippen LogP contribution in [0.3, 0.4) is 0 Å². The summed E-state index contributed by atoms with van der Waals surface area (Å²) in [6.45, 7) is 3.57. The Hall–Kier alpha value is -1.89. The molecule has 112 valence electrons. The lowest BCUT2D eigenvalue weighted by Crippen LogP contribution is -2.08. The molecule has 7 heteroatoms. The first-order chi connectivity index (χ1) is 10.6. The minimum absolute atomic E-state index is 0.173. The van der Waals surface area contributed by atoms with Gasteiger partial charge in [0, 0.05) is 22.3 Å². The Kier molecular flexibility index (Phi) is 4.15. The maximum absolute atomic E-state index is 9.17. The summed E-state index contributed by atoms with van der Waals surface area (Å²) in [6, 6.07) is 9.29. The summed E-state index contributed by atoms with van der Waals surface area (Å²) < 4.78 is 2.39. The van der Waals surface area contributed by atoms with Crippen molar-refractivity contribution < 1.29 is 5.11 Å². The molecule has 0 amide bonds. The van der Waals surface area contributed by atoms with Gasteiger partial charge in [-0.3, -0.25) is 0 Å². The SMILES string of the molecule is C=C(CO)Nc1cc(-c2ccccc2Cl)nc2c(Br)cnn12. The van der Waals surface area contributed by atoms with Crippen LogP contribution in [0.1, 0.15) is 0 Å². The smallest absolute Gasteiger partial charge is 0.172 e. The minimum Gasteiger partial charge on any atom is -0.390 e. The predicted octanol–water partition coefficient (Wildman–Crippen LogP) is 3.73. The average molecular weight is 380 g/mol. The van der Waals surface area contributed by atoms with Crippen LogP contribution in [-0.2, 0) is 0 Å². The fourth-order valence-electron chi connectivity index (χ4n) is 2.05. The molecule has 0 saturated carbocycles. The zero-order valence-corrected chi connectivity index (χ0v) is 13.8. The van der Waals surface area contributed by atoms with Gasteiger partial charge in [-0.05, 0) is 22.0 Å². The van der Waals surface area contributed by atoms with Gasteiger partial charge in [0.25, 0.3) is 0 Å². The number of aliphatic hydroxyl groups excluding tert-OH is 1. The largest absolute Gasteiger partial charge is 0.390 e. The number of hydrogen-bond acceptors (Lipinski definition) is 4. The average Bonchev–Trinajstić information content (AvgIpc) is 2.89. The van der Waals surface area contributed by atoms with Crippen LogP contribution in [-0.4, -0.2) is 26.3 Å². The Labute approximate surface area is 140 Å². The number of aliphatic hydroxyl groups is 1. The lowest BCUT2D eigenvalue weighted by Gasteiger charge is -2.12. The van der Waals surface area contributed by atoms with Gasteiger partial charge in [-0.1, -0.05) is 36.4 Å². The lowest BCUT2D eigenvalue weighted by molar-refractivity contribution is 0.333. The lowest BCUT2D eigenvalue weighted by atomic mass is 10.1. The molecule has 22 heavy (non-hydrogen) atoms. The summed E-state index contributed by atoms with van der Waals surface area (Å²) in [5.41, 5.74) is 2.62. The van der Waals surface area contributed by atoms with Crippen LogP contribution in [0.4, 0.5) is 5.82 Å².